The number of Topliss-reactive ketones (excluding diaryl/α,β-unsaturated/α-hetero) is 1. The minimum atomic E-state index is -0.196. The Kier molecular flexibility index (Phi) is 3.03. The van der Waals surface area contributed by atoms with E-state index in [4.69, 9.17) is 4.74 Å². The number of carbonyl (C=O) groups is 1. The van der Waals surface area contributed by atoms with Gasteiger partial charge in [0.15, 0.2) is 5.78 Å². The molecule has 0 saturated heterocycles. The van der Waals surface area contributed by atoms with E-state index in [0.717, 1.165) is 5.56 Å². The Morgan fingerprint density at radius 3 is 2.77 bits per heavy atom. The molecule has 1 N–H and O–H groups in total. The molecule has 0 unspecified atom stereocenters. The van der Waals surface area contributed by atoms with E-state index in [-0.39, 0.29) is 18.1 Å². The number of aryl methyl sites for hydroxylation is 1. The molecule has 3 heteroatoms. The number of hydrogen-bond donors (Lipinski definition) is 1. The first-order chi connectivity index (χ1) is 6.16. The Morgan fingerprint density at radius 2 is 2.23 bits per heavy atom. The van der Waals surface area contributed by atoms with Gasteiger partial charge in [0.1, 0.15) is 12.4 Å². The lowest BCUT2D eigenvalue weighted by atomic mass is 10.0. The quantitative estimate of drug-likeness (QED) is 0.717. The summed E-state index contributed by atoms with van der Waals surface area (Å²) >= 11 is 0. The van der Waals surface area contributed by atoms with Crippen molar-refractivity contribution in [3.05, 3.63) is 29.3 Å². The highest BCUT2D eigenvalue weighted by atomic mass is 16.5. The molecule has 0 aliphatic carbocycles. The summed E-state index contributed by atoms with van der Waals surface area (Å²) in [6, 6.07) is 4.98. The Morgan fingerprint density at radius 1 is 1.54 bits per heavy atom. The van der Waals surface area contributed by atoms with Gasteiger partial charge in [-0.25, -0.2) is 0 Å². The van der Waals surface area contributed by atoms with Crippen molar-refractivity contribution >= 4 is 5.78 Å². The van der Waals surface area contributed by atoms with Gasteiger partial charge in [0.2, 0.25) is 0 Å². The van der Waals surface area contributed by atoms with Gasteiger partial charge in [0.25, 0.3) is 0 Å². The standard InChI is InChI=1S/C10H12O3/c1-7-4-3-5-8(11)10(7)9(12)6-13-2/h3-5,11H,6H2,1-2H3. The average molecular weight is 180 g/mol. The second kappa shape index (κ2) is 4.05. The molecular formula is C10H12O3. The number of methoxy groups -OCH3 is 1. The predicted molar refractivity (Wildman–Crippen MR) is 49.1 cm³/mol. The van der Waals surface area contributed by atoms with E-state index >= 15 is 0 Å². The number of rotatable bonds is 3. The van der Waals surface area contributed by atoms with Crippen LogP contribution in [0.1, 0.15) is 15.9 Å². The zero-order valence-corrected chi connectivity index (χ0v) is 7.70. The summed E-state index contributed by atoms with van der Waals surface area (Å²) in [5, 5.41) is 9.41. The van der Waals surface area contributed by atoms with Gasteiger partial charge in [-0.2, -0.15) is 0 Å². The summed E-state index contributed by atoms with van der Waals surface area (Å²) in [6.45, 7) is 1.78. The van der Waals surface area contributed by atoms with Crippen molar-refractivity contribution in [3.63, 3.8) is 0 Å². The van der Waals surface area contributed by atoms with Crippen LogP contribution in [0.3, 0.4) is 0 Å². The third-order valence-electron chi connectivity index (χ3n) is 1.81. The normalized spacial score (nSPS) is 10.0. The fraction of sp³-hybridized carbons (Fsp3) is 0.300. The van der Waals surface area contributed by atoms with Gasteiger partial charge in [-0.15, -0.1) is 0 Å². The molecule has 0 heterocycles. The first kappa shape index (κ1) is 9.74. The summed E-state index contributed by atoms with van der Waals surface area (Å²) in [7, 11) is 1.45. The zero-order chi connectivity index (χ0) is 9.84. The van der Waals surface area contributed by atoms with Gasteiger partial charge in [0.05, 0.1) is 5.56 Å². The van der Waals surface area contributed by atoms with Crippen molar-refractivity contribution < 1.29 is 14.6 Å². The van der Waals surface area contributed by atoms with E-state index in [9.17, 15) is 9.90 Å². The lowest BCUT2D eigenvalue weighted by molar-refractivity contribution is 0.0844. The van der Waals surface area contributed by atoms with Gasteiger partial charge in [0, 0.05) is 7.11 Å². The fourth-order valence-corrected chi connectivity index (χ4v) is 1.22. The number of ether oxygens (including phenoxy) is 1. The second-order valence-corrected chi connectivity index (χ2v) is 2.83. The highest BCUT2D eigenvalue weighted by Crippen LogP contribution is 2.20. The third-order valence-corrected chi connectivity index (χ3v) is 1.81. The summed E-state index contributed by atoms with van der Waals surface area (Å²) in [5.41, 5.74) is 1.12. The minimum Gasteiger partial charge on any atom is -0.507 e. The predicted octanol–water partition coefficient (Wildman–Crippen LogP) is 1.53. The fourth-order valence-electron chi connectivity index (χ4n) is 1.22. The summed E-state index contributed by atoms with van der Waals surface area (Å²) < 4.78 is 4.71. The lowest BCUT2D eigenvalue weighted by Gasteiger charge is -2.05. The SMILES string of the molecule is COCC(=O)c1c(C)cccc1O. The van der Waals surface area contributed by atoms with Gasteiger partial charge < -0.3 is 9.84 Å². The van der Waals surface area contributed by atoms with Crippen molar-refractivity contribution in [2.24, 2.45) is 0 Å². The van der Waals surface area contributed by atoms with Crippen LogP contribution in [-0.4, -0.2) is 24.6 Å². The number of phenolic OH excluding ortho intramolecular Hbond substituents is 1. The number of hydrogen-bond acceptors (Lipinski definition) is 3. The number of phenols is 1. The largest absolute Gasteiger partial charge is 0.507 e. The maximum absolute atomic E-state index is 11.4. The molecule has 0 aliphatic rings. The van der Waals surface area contributed by atoms with Crippen LogP contribution in [0, 0.1) is 6.92 Å². The van der Waals surface area contributed by atoms with Gasteiger partial charge in [-0.3, -0.25) is 4.79 Å². The van der Waals surface area contributed by atoms with E-state index in [1.807, 2.05) is 0 Å². The highest BCUT2D eigenvalue weighted by molar-refractivity contribution is 6.00. The van der Waals surface area contributed by atoms with Gasteiger partial charge in [-0.1, -0.05) is 12.1 Å². The molecule has 3 nitrogen and oxygen atoms in total. The van der Waals surface area contributed by atoms with Crippen LogP contribution in [-0.2, 0) is 4.74 Å². The molecule has 13 heavy (non-hydrogen) atoms. The smallest absolute Gasteiger partial charge is 0.192 e. The Hall–Kier alpha value is -1.35. The molecule has 0 aliphatic heterocycles. The summed E-state index contributed by atoms with van der Waals surface area (Å²) in [6.07, 6.45) is 0. The monoisotopic (exact) mass is 180 g/mol. The molecule has 0 aromatic heterocycles. The molecule has 1 aromatic carbocycles. The molecule has 1 aromatic rings. The molecule has 0 saturated carbocycles. The maximum atomic E-state index is 11.4. The van der Waals surface area contributed by atoms with Crippen molar-refractivity contribution in [1.82, 2.24) is 0 Å². The van der Waals surface area contributed by atoms with E-state index in [1.165, 1.54) is 13.2 Å². The molecule has 0 atom stereocenters. The molecule has 0 bridgehead atoms. The van der Waals surface area contributed by atoms with Crippen LogP contribution in [0.4, 0.5) is 0 Å². The van der Waals surface area contributed by atoms with Crippen molar-refractivity contribution in [1.29, 1.82) is 0 Å². The third kappa shape index (κ3) is 2.06. The topological polar surface area (TPSA) is 46.5 Å². The first-order valence-corrected chi connectivity index (χ1v) is 3.97. The summed E-state index contributed by atoms with van der Waals surface area (Å²) in [4.78, 5) is 11.4. The van der Waals surface area contributed by atoms with Crippen LogP contribution < -0.4 is 0 Å². The molecule has 0 radical (unpaired) electrons. The Labute approximate surface area is 77.0 Å². The number of benzene rings is 1. The van der Waals surface area contributed by atoms with Gasteiger partial charge in [-0.05, 0) is 18.6 Å². The number of carbonyl (C=O) groups excluding carboxylic acids is 1. The van der Waals surface area contributed by atoms with Crippen molar-refractivity contribution in [2.45, 2.75) is 6.92 Å². The van der Waals surface area contributed by atoms with E-state index in [0.29, 0.717) is 5.56 Å². The van der Waals surface area contributed by atoms with Crippen LogP contribution >= 0.6 is 0 Å². The molecule has 0 amide bonds. The van der Waals surface area contributed by atoms with Crippen molar-refractivity contribution in [2.75, 3.05) is 13.7 Å². The average Bonchev–Trinajstić information content (AvgIpc) is 2.04. The molecular weight excluding hydrogens is 168 g/mol. The van der Waals surface area contributed by atoms with E-state index < -0.39 is 0 Å². The molecule has 0 fully saturated rings. The highest BCUT2D eigenvalue weighted by Gasteiger charge is 2.12. The minimum absolute atomic E-state index is 0.00157. The second-order valence-electron chi connectivity index (χ2n) is 2.83. The van der Waals surface area contributed by atoms with Crippen LogP contribution in [0.15, 0.2) is 18.2 Å². The lowest BCUT2D eigenvalue weighted by Crippen LogP contribution is -2.08. The van der Waals surface area contributed by atoms with E-state index in [2.05, 4.69) is 0 Å². The summed E-state index contributed by atoms with van der Waals surface area (Å²) in [5.74, 6) is -0.180. The number of aromatic hydroxyl groups is 1. The molecule has 1 rings (SSSR count). The first-order valence-electron chi connectivity index (χ1n) is 3.97. The zero-order valence-electron chi connectivity index (χ0n) is 7.70. The van der Waals surface area contributed by atoms with E-state index in [1.54, 1.807) is 19.1 Å². The van der Waals surface area contributed by atoms with Gasteiger partial charge >= 0.3 is 0 Å². The number of ketones is 1. The van der Waals surface area contributed by atoms with Crippen LogP contribution in [0.2, 0.25) is 0 Å². The Bertz CT molecular complexity index is 298. The molecule has 0 spiro atoms. The Balaban J connectivity index is 3.05. The van der Waals surface area contributed by atoms with Crippen LogP contribution in [0.5, 0.6) is 5.75 Å². The van der Waals surface area contributed by atoms with Crippen LogP contribution in [0.25, 0.3) is 0 Å². The van der Waals surface area contributed by atoms with Crippen molar-refractivity contribution in [3.8, 4) is 5.75 Å². The molecule has 70 valence electrons. The maximum Gasteiger partial charge on any atom is 0.192 e.